The van der Waals surface area contributed by atoms with Crippen molar-refractivity contribution >= 4 is 39.1 Å². The van der Waals surface area contributed by atoms with Crippen molar-refractivity contribution in [3.05, 3.63) is 27.4 Å². The van der Waals surface area contributed by atoms with E-state index in [1.165, 1.54) is 12.1 Å². The molecule has 1 aromatic carbocycles. The third kappa shape index (κ3) is 3.76. The second-order valence-corrected chi connectivity index (χ2v) is 7.23. The number of rotatable bonds is 3. The standard InChI is InChI=1S/C15H19BrClFN2O/c1-15(2,9-4-3-5-19-8-9)14(21)20-13-11(16)6-10(18)7-12(13)17/h6-7,9,19H,3-5,8H2,1-2H3,(H,20,21). The molecule has 1 amide bonds. The SMILES string of the molecule is CC(C)(C(=O)Nc1c(Cl)cc(F)cc1Br)C1CCCNC1. The van der Waals surface area contributed by atoms with Crippen molar-refractivity contribution in [3.8, 4) is 0 Å². The fourth-order valence-electron chi connectivity index (χ4n) is 2.59. The molecule has 2 rings (SSSR count). The number of benzene rings is 1. The zero-order valence-corrected chi connectivity index (χ0v) is 14.4. The highest BCUT2D eigenvalue weighted by Gasteiger charge is 2.37. The zero-order valence-electron chi connectivity index (χ0n) is 12.1. The van der Waals surface area contributed by atoms with Crippen LogP contribution in [0.4, 0.5) is 10.1 Å². The number of halogens is 3. The molecule has 6 heteroatoms. The van der Waals surface area contributed by atoms with Crippen LogP contribution in [0.3, 0.4) is 0 Å². The van der Waals surface area contributed by atoms with E-state index < -0.39 is 11.2 Å². The van der Waals surface area contributed by atoms with Gasteiger partial charge in [0, 0.05) is 9.89 Å². The van der Waals surface area contributed by atoms with Gasteiger partial charge in [-0.15, -0.1) is 0 Å². The highest BCUT2D eigenvalue weighted by molar-refractivity contribution is 9.10. The molecule has 0 spiro atoms. The van der Waals surface area contributed by atoms with Gasteiger partial charge in [-0.25, -0.2) is 4.39 Å². The van der Waals surface area contributed by atoms with E-state index in [-0.39, 0.29) is 16.8 Å². The van der Waals surface area contributed by atoms with Gasteiger partial charge in [-0.2, -0.15) is 0 Å². The third-order valence-corrected chi connectivity index (χ3v) is 5.07. The zero-order chi connectivity index (χ0) is 15.6. The number of nitrogens with one attached hydrogen (secondary N) is 2. The van der Waals surface area contributed by atoms with Crippen LogP contribution in [0.15, 0.2) is 16.6 Å². The summed E-state index contributed by atoms with van der Waals surface area (Å²) in [6, 6.07) is 2.48. The predicted molar refractivity (Wildman–Crippen MR) is 87.1 cm³/mol. The number of amides is 1. The summed E-state index contributed by atoms with van der Waals surface area (Å²) in [4.78, 5) is 12.6. The lowest BCUT2D eigenvalue weighted by Crippen LogP contribution is -2.44. The van der Waals surface area contributed by atoms with E-state index in [1.54, 1.807) is 0 Å². The Labute approximate surface area is 137 Å². The fraction of sp³-hybridized carbons (Fsp3) is 0.533. The normalized spacial score (nSPS) is 19.4. The van der Waals surface area contributed by atoms with Crippen molar-refractivity contribution in [2.75, 3.05) is 18.4 Å². The molecular weight excluding hydrogens is 359 g/mol. The molecular formula is C15H19BrClFN2O. The molecule has 1 aromatic rings. The molecule has 1 heterocycles. The molecule has 1 unspecified atom stereocenters. The first kappa shape index (κ1) is 16.7. The molecule has 1 saturated heterocycles. The second-order valence-electron chi connectivity index (χ2n) is 5.96. The summed E-state index contributed by atoms with van der Waals surface area (Å²) >= 11 is 9.26. The summed E-state index contributed by atoms with van der Waals surface area (Å²) in [6.45, 7) is 5.71. The summed E-state index contributed by atoms with van der Waals surface area (Å²) in [6.07, 6.45) is 2.09. The Kier molecular flexibility index (Phi) is 5.28. The van der Waals surface area contributed by atoms with Crippen molar-refractivity contribution in [1.29, 1.82) is 0 Å². The molecule has 0 radical (unpaired) electrons. The molecule has 0 saturated carbocycles. The Balaban J connectivity index is 2.17. The Bertz CT molecular complexity index is 521. The number of anilines is 1. The van der Waals surface area contributed by atoms with E-state index in [2.05, 4.69) is 26.6 Å². The number of carbonyl (C=O) groups excluding carboxylic acids is 1. The van der Waals surface area contributed by atoms with Crippen molar-refractivity contribution in [3.63, 3.8) is 0 Å². The van der Waals surface area contributed by atoms with Gasteiger partial charge in [0.1, 0.15) is 5.82 Å². The average Bonchev–Trinajstić information content (AvgIpc) is 2.43. The van der Waals surface area contributed by atoms with Crippen molar-refractivity contribution < 1.29 is 9.18 Å². The van der Waals surface area contributed by atoms with Gasteiger partial charge >= 0.3 is 0 Å². The molecule has 0 aliphatic carbocycles. The first-order valence-corrected chi connectivity index (χ1v) is 8.16. The minimum Gasteiger partial charge on any atom is -0.323 e. The molecule has 2 N–H and O–H groups in total. The van der Waals surface area contributed by atoms with Gasteiger partial charge < -0.3 is 10.6 Å². The van der Waals surface area contributed by atoms with Gasteiger partial charge in [-0.05, 0) is 59.9 Å². The summed E-state index contributed by atoms with van der Waals surface area (Å²) in [5.41, 5.74) is -0.107. The highest BCUT2D eigenvalue weighted by Crippen LogP contribution is 2.36. The maximum absolute atomic E-state index is 13.2. The first-order chi connectivity index (χ1) is 9.82. The maximum atomic E-state index is 13.2. The van der Waals surface area contributed by atoms with Crippen LogP contribution in [-0.2, 0) is 4.79 Å². The lowest BCUT2D eigenvalue weighted by atomic mass is 9.74. The van der Waals surface area contributed by atoms with Crippen LogP contribution in [0.1, 0.15) is 26.7 Å². The molecule has 1 aliphatic rings. The van der Waals surface area contributed by atoms with Crippen LogP contribution in [0.2, 0.25) is 5.02 Å². The minimum atomic E-state index is -0.523. The van der Waals surface area contributed by atoms with E-state index in [4.69, 9.17) is 11.6 Å². The Morgan fingerprint density at radius 1 is 1.52 bits per heavy atom. The summed E-state index contributed by atoms with van der Waals surface area (Å²) in [7, 11) is 0. The third-order valence-electron chi connectivity index (χ3n) is 4.15. The minimum absolute atomic E-state index is 0.106. The maximum Gasteiger partial charge on any atom is 0.230 e. The van der Waals surface area contributed by atoms with Gasteiger partial charge in [0.05, 0.1) is 10.7 Å². The van der Waals surface area contributed by atoms with Gasteiger partial charge in [0.25, 0.3) is 0 Å². The van der Waals surface area contributed by atoms with Crippen LogP contribution in [0, 0.1) is 17.2 Å². The Morgan fingerprint density at radius 2 is 2.24 bits per heavy atom. The van der Waals surface area contributed by atoms with Crippen LogP contribution in [0.25, 0.3) is 0 Å². The topological polar surface area (TPSA) is 41.1 Å². The van der Waals surface area contributed by atoms with Crippen LogP contribution < -0.4 is 10.6 Å². The molecule has 116 valence electrons. The monoisotopic (exact) mass is 376 g/mol. The number of hydrogen-bond acceptors (Lipinski definition) is 2. The largest absolute Gasteiger partial charge is 0.323 e. The molecule has 1 fully saturated rings. The number of hydrogen-bond donors (Lipinski definition) is 2. The number of carbonyl (C=O) groups is 1. The van der Waals surface area contributed by atoms with Crippen LogP contribution in [-0.4, -0.2) is 19.0 Å². The lowest BCUT2D eigenvalue weighted by molar-refractivity contribution is -0.127. The Morgan fingerprint density at radius 3 is 2.81 bits per heavy atom. The average molecular weight is 378 g/mol. The van der Waals surface area contributed by atoms with Crippen molar-refractivity contribution in [1.82, 2.24) is 5.32 Å². The van der Waals surface area contributed by atoms with E-state index in [0.29, 0.717) is 10.2 Å². The van der Waals surface area contributed by atoms with Gasteiger partial charge in [0.15, 0.2) is 0 Å². The predicted octanol–water partition coefficient (Wildman–Crippen LogP) is 4.21. The quantitative estimate of drug-likeness (QED) is 0.828. The molecule has 21 heavy (non-hydrogen) atoms. The summed E-state index contributed by atoms with van der Waals surface area (Å²) in [5.74, 6) is -0.282. The van der Waals surface area contributed by atoms with Gasteiger partial charge in [-0.3, -0.25) is 4.79 Å². The summed E-state index contributed by atoms with van der Waals surface area (Å²) in [5, 5.41) is 6.34. The molecule has 1 aliphatic heterocycles. The van der Waals surface area contributed by atoms with E-state index in [9.17, 15) is 9.18 Å². The number of piperidine rings is 1. The second kappa shape index (κ2) is 6.63. The highest BCUT2D eigenvalue weighted by atomic mass is 79.9. The van der Waals surface area contributed by atoms with Gasteiger partial charge in [0.2, 0.25) is 5.91 Å². The summed E-state index contributed by atoms with van der Waals surface area (Å²) < 4.78 is 13.7. The smallest absolute Gasteiger partial charge is 0.230 e. The van der Waals surface area contributed by atoms with E-state index in [0.717, 1.165) is 25.9 Å². The molecule has 1 atom stereocenters. The van der Waals surface area contributed by atoms with E-state index >= 15 is 0 Å². The fourth-order valence-corrected chi connectivity index (χ4v) is 3.49. The van der Waals surface area contributed by atoms with Gasteiger partial charge in [-0.1, -0.05) is 25.4 Å². The molecule has 0 bridgehead atoms. The lowest BCUT2D eigenvalue weighted by Gasteiger charge is -2.36. The van der Waals surface area contributed by atoms with Crippen LogP contribution in [0.5, 0.6) is 0 Å². The van der Waals surface area contributed by atoms with Crippen molar-refractivity contribution in [2.45, 2.75) is 26.7 Å². The van der Waals surface area contributed by atoms with E-state index in [1.807, 2.05) is 13.8 Å². The van der Waals surface area contributed by atoms with Crippen LogP contribution >= 0.6 is 27.5 Å². The molecule has 0 aromatic heterocycles. The van der Waals surface area contributed by atoms with Crippen molar-refractivity contribution in [2.24, 2.45) is 11.3 Å². The first-order valence-electron chi connectivity index (χ1n) is 6.99. The molecule has 3 nitrogen and oxygen atoms in total. The Hall–Kier alpha value is -0.650.